The zero-order valence-corrected chi connectivity index (χ0v) is 32.8. The lowest BCUT2D eigenvalue weighted by Crippen LogP contribution is -2.62. The maximum absolute atomic E-state index is 12.7. The van der Waals surface area contributed by atoms with E-state index in [1.165, 1.54) is 13.8 Å². The second-order valence-electron chi connectivity index (χ2n) is 16.6. The van der Waals surface area contributed by atoms with E-state index in [1.807, 2.05) is 67.5 Å². The Morgan fingerprint density at radius 2 is 1.67 bits per heavy atom. The van der Waals surface area contributed by atoms with E-state index in [0.29, 0.717) is 50.5 Å². The highest BCUT2D eigenvalue weighted by Gasteiger charge is 2.55. The van der Waals surface area contributed by atoms with E-state index in [1.54, 1.807) is 6.08 Å². The van der Waals surface area contributed by atoms with Gasteiger partial charge in [0.15, 0.2) is 6.29 Å². The molecule has 5 N–H and O–H groups in total. The summed E-state index contributed by atoms with van der Waals surface area (Å²) in [6.07, 6.45) is 0.0427. The van der Waals surface area contributed by atoms with Crippen molar-refractivity contribution in [1.82, 2.24) is 0 Å². The average Bonchev–Trinajstić information content (AvgIpc) is 3.04. The molecule has 52 heavy (non-hydrogen) atoms. The molecule has 0 bridgehead atoms. The third-order valence-corrected chi connectivity index (χ3v) is 11.9. The van der Waals surface area contributed by atoms with Gasteiger partial charge in [-0.2, -0.15) is 0 Å². The first-order valence-electron chi connectivity index (χ1n) is 18.6. The number of Topliss-reactive ketones (excluding diaryl/α,β-unsaturated/α-hetero) is 1. The van der Waals surface area contributed by atoms with Crippen LogP contribution in [0.2, 0.25) is 0 Å². The largest absolute Gasteiger partial charge is 0.459 e. The van der Waals surface area contributed by atoms with Gasteiger partial charge in [-0.05, 0) is 83.1 Å². The van der Waals surface area contributed by atoms with Crippen LogP contribution in [0.3, 0.4) is 0 Å². The maximum atomic E-state index is 12.7. The van der Waals surface area contributed by atoms with Crippen LogP contribution in [0.1, 0.15) is 114 Å². The van der Waals surface area contributed by atoms with Gasteiger partial charge in [-0.1, -0.05) is 57.1 Å². The molecule has 0 radical (unpaired) electrons. The van der Waals surface area contributed by atoms with Crippen LogP contribution in [0.4, 0.5) is 0 Å². The Morgan fingerprint density at radius 1 is 1.02 bits per heavy atom. The molecule has 0 aromatic rings. The molecule has 0 aromatic heterocycles. The van der Waals surface area contributed by atoms with Gasteiger partial charge in [0.05, 0.1) is 18.8 Å². The Labute approximate surface area is 309 Å². The predicted octanol–water partition coefficient (Wildman–Crippen LogP) is 4.24. The summed E-state index contributed by atoms with van der Waals surface area (Å²) >= 11 is 0. The van der Waals surface area contributed by atoms with Gasteiger partial charge in [-0.25, -0.2) is 0 Å². The number of ether oxygens (including phenoxy) is 4. The highest BCUT2D eigenvalue weighted by molar-refractivity contribution is 5.87. The molecule has 1 aliphatic heterocycles. The molecule has 0 aromatic carbocycles. The van der Waals surface area contributed by atoms with Crippen LogP contribution in [-0.2, 0) is 33.3 Å². The molecular formula is C40H64O12. The number of esters is 2. The van der Waals surface area contributed by atoms with Gasteiger partial charge in [0.25, 0.3) is 0 Å². The topological polar surface area (TPSA) is 189 Å². The van der Waals surface area contributed by atoms with Crippen molar-refractivity contribution in [1.29, 1.82) is 0 Å². The summed E-state index contributed by atoms with van der Waals surface area (Å²) < 4.78 is 23.6. The van der Waals surface area contributed by atoms with Crippen molar-refractivity contribution in [2.45, 2.75) is 169 Å². The molecule has 1 saturated heterocycles. The van der Waals surface area contributed by atoms with Crippen LogP contribution in [-0.4, -0.2) is 104 Å². The third-order valence-electron chi connectivity index (χ3n) is 11.9. The highest BCUT2D eigenvalue weighted by Crippen LogP contribution is 2.52. The van der Waals surface area contributed by atoms with Crippen molar-refractivity contribution in [3.8, 4) is 0 Å². The predicted molar refractivity (Wildman–Crippen MR) is 194 cm³/mol. The van der Waals surface area contributed by atoms with Crippen molar-refractivity contribution < 1.29 is 58.9 Å². The molecule has 3 aliphatic rings. The monoisotopic (exact) mass is 736 g/mol. The average molecular weight is 737 g/mol. The number of rotatable bonds is 14. The quantitative estimate of drug-likeness (QED) is 0.126. The van der Waals surface area contributed by atoms with Crippen molar-refractivity contribution in [3.05, 3.63) is 34.9 Å². The number of aliphatic hydroxyl groups is 5. The Morgan fingerprint density at radius 3 is 2.27 bits per heavy atom. The standard InChI is InChI=1S/C40H64O12/c1-22(11-14-27(44)19-24(3)29(49-25(4)42)20-28-23(2)13-16-32(45)38(28,6)7)12-15-31-39(8,9)33(17-18-40(31,10)52-26(5)43)51-37-36(48)35(47)34(46)30(21-41)50-37/h11,13,19,27-31,33-37,41,44,46-48H,12,14-18,20-21H2,1-10H3/b22-11+,24-19+/t27-,28-,29+,30-,31+,33+,34+,35+,36-,37+,40+/m1/s1. The first-order chi connectivity index (χ1) is 24.0. The summed E-state index contributed by atoms with van der Waals surface area (Å²) in [6, 6.07) is 0. The summed E-state index contributed by atoms with van der Waals surface area (Å²) in [5.74, 6) is -0.998. The molecule has 11 atom stereocenters. The van der Waals surface area contributed by atoms with E-state index in [4.69, 9.17) is 18.9 Å². The number of aliphatic hydroxyl groups excluding tert-OH is 5. The lowest BCUT2D eigenvalue weighted by Gasteiger charge is -2.54. The molecule has 2 aliphatic carbocycles. The van der Waals surface area contributed by atoms with E-state index in [9.17, 15) is 39.9 Å². The Balaban J connectivity index is 1.73. The Kier molecular flexibility index (Phi) is 15.0. The maximum Gasteiger partial charge on any atom is 0.303 e. The molecule has 0 unspecified atom stereocenters. The number of carbonyl (C=O) groups excluding carboxylic acids is 3. The minimum Gasteiger partial charge on any atom is -0.459 e. The fraction of sp³-hybridized carbons (Fsp3) is 0.775. The van der Waals surface area contributed by atoms with Crippen LogP contribution >= 0.6 is 0 Å². The lowest BCUT2D eigenvalue weighted by molar-refractivity contribution is -0.327. The minimum atomic E-state index is -1.56. The summed E-state index contributed by atoms with van der Waals surface area (Å²) in [5.41, 5.74) is 0.787. The first kappa shape index (κ1) is 44.0. The molecule has 12 heteroatoms. The molecule has 0 spiro atoms. The van der Waals surface area contributed by atoms with Crippen molar-refractivity contribution in [2.24, 2.45) is 22.7 Å². The number of carbonyl (C=O) groups is 3. The number of hydrogen-bond donors (Lipinski definition) is 5. The Bertz CT molecular complexity index is 1360. The van der Waals surface area contributed by atoms with Gasteiger partial charge < -0.3 is 44.5 Å². The van der Waals surface area contributed by atoms with Crippen LogP contribution in [0.5, 0.6) is 0 Å². The molecule has 0 amide bonds. The van der Waals surface area contributed by atoms with Crippen LogP contribution in [0.15, 0.2) is 34.9 Å². The smallest absolute Gasteiger partial charge is 0.303 e. The van der Waals surface area contributed by atoms with Gasteiger partial charge in [-0.3, -0.25) is 14.4 Å². The van der Waals surface area contributed by atoms with Gasteiger partial charge >= 0.3 is 11.9 Å². The van der Waals surface area contributed by atoms with Crippen LogP contribution in [0, 0.1) is 22.7 Å². The fourth-order valence-electron chi connectivity index (χ4n) is 8.61. The fourth-order valence-corrected chi connectivity index (χ4v) is 8.61. The molecule has 1 saturated carbocycles. The van der Waals surface area contributed by atoms with Crippen molar-refractivity contribution in [2.75, 3.05) is 6.61 Å². The summed E-state index contributed by atoms with van der Waals surface area (Å²) in [5, 5.41) is 51.9. The molecule has 2 fully saturated rings. The number of ketones is 1. The van der Waals surface area contributed by atoms with E-state index >= 15 is 0 Å². The normalized spacial score (nSPS) is 35.0. The summed E-state index contributed by atoms with van der Waals surface area (Å²) in [6.45, 7) is 17.8. The molecule has 3 rings (SSSR count). The first-order valence-corrected chi connectivity index (χ1v) is 18.6. The van der Waals surface area contributed by atoms with E-state index < -0.39 is 84.0 Å². The van der Waals surface area contributed by atoms with Gasteiger partial charge in [-0.15, -0.1) is 0 Å². The van der Waals surface area contributed by atoms with Crippen molar-refractivity contribution >= 4 is 17.7 Å². The molecule has 296 valence electrons. The highest BCUT2D eigenvalue weighted by atomic mass is 16.7. The number of allylic oxidation sites excluding steroid dienone is 3. The van der Waals surface area contributed by atoms with E-state index in [0.717, 1.165) is 11.1 Å². The van der Waals surface area contributed by atoms with Crippen LogP contribution < -0.4 is 0 Å². The van der Waals surface area contributed by atoms with Crippen LogP contribution in [0.25, 0.3) is 0 Å². The Hall–Kier alpha value is -2.45. The van der Waals surface area contributed by atoms with E-state index in [-0.39, 0.29) is 17.6 Å². The lowest BCUT2D eigenvalue weighted by atomic mass is 9.58. The molecule has 1 heterocycles. The molecular weight excluding hydrogens is 672 g/mol. The minimum absolute atomic E-state index is 0.107. The van der Waals surface area contributed by atoms with Crippen molar-refractivity contribution in [3.63, 3.8) is 0 Å². The third kappa shape index (κ3) is 10.4. The van der Waals surface area contributed by atoms with E-state index in [2.05, 4.69) is 0 Å². The van der Waals surface area contributed by atoms with Gasteiger partial charge in [0, 0.05) is 31.6 Å². The summed E-state index contributed by atoms with van der Waals surface area (Å²) in [4.78, 5) is 37.0. The zero-order valence-electron chi connectivity index (χ0n) is 32.8. The second kappa shape index (κ2) is 17.8. The van der Waals surface area contributed by atoms with Gasteiger partial charge in [0.2, 0.25) is 0 Å². The molecule has 12 nitrogen and oxygen atoms in total. The zero-order chi connectivity index (χ0) is 39.3. The summed E-state index contributed by atoms with van der Waals surface area (Å²) in [7, 11) is 0. The SMILES string of the molecule is CC(=O)O[C@@H](C[C@@H]1C(C)=CCC(=O)C1(C)C)/C(C)=C/[C@H](O)C/C=C(\C)CC[C@H]1C(C)(C)[C@@H](O[C@@H]2O[C@H](CO)[C@H](O)[C@H](O)[C@H]2O)CC[C@]1(C)OC(C)=O. The van der Waals surface area contributed by atoms with Gasteiger partial charge in [0.1, 0.15) is 41.9 Å². The number of hydrogen-bond acceptors (Lipinski definition) is 12. The second-order valence-corrected chi connectivity index (χ2v) is 16.6.